The van der Waals surface area contributed by atoms with Gasteiger partial charge in [-0.25, -0.2) is 22.8 Å². The van der Waals surface area contributed by atoms with Crippen molar-refractivity contribution in [3.8, 4) is 0 Å². The maximum Gasteiger partial charge on any atom is 0.509 e. The van der Waals surface area contributed by atoms with E-state index in [1.165, 1.54) is 19.1 Å². The van der Waals surface area contributed by atoms with E-state index >= 15 is 8.78 Å². The van der Waals surface area contributed by atoms with Gasteiger partial charge in [0.05, 0.1) is 6.10 Å². The van der Waals surface area contributed by atoms with E-state index in [4.69, 9.17) is 14.2 Å². The maximum absolute atomic E-state index is 16.4. The molecule has 4 aliphatic rings. The van der Waals surface area contributed by atoms with Crippen LogP contribution in [0, 0.1) is 40.9 Å². The van der Waals surface area contributed by atoms with Crippen molar-refractivity contribution in [1.29, 1.82) is 0 Å². The number of alkyl halides is 3. The van der Waals surface area contributed by atoms with Crippen LogP contribution in [-0.4, -0.2) is 59.5 Å². The summed E-state index contributed by atoms with van der Waals surface area (Å²) in [5.41, 5.74) is -5.59. The maximum atomic E-state index is 16.4. The lowest BCUT2D eigenvalue weighted by atomic mass is 9.53. The quantitative estimate of drug-likeness (QED) is 0.302. The van der Waals surface area contributed by atoms with Crippen LogP contribution in [-0.2, 0) is 23.8 Å². The van der Waals surface area contributed by atoms with Gasteiger partial charge in [-0.15, -0.1) is 0 Å². The van der Waals surface area contributed by atoms with Crippen LogP contribution in [0.4, 0.5) is 18.0 Å². The second-order valence-electron chi connectivity index (χ2n) is 14.1. The summed E-state index contributed by atoms with van der Waals surface area (Å²) in [6.07, 6.45) is 1.78. The number of esters is 1. The third-order valence-corrected chi connectivity index (χ3v) is 11.3. The number of aliphatic hydroxyl groups is 1. The fourth-order valence-corrected chi connectivity index (χ4v) is 8.64. The zero-order valence-corrected chi connectivity index (χ0v) is 26.1. The van der Waals surface area contributed by atoms with E-state index in [9.17, 15) is 23.9 Å². The standard InChI is InChI=1S/C33H47F3O7/c1-18(2)21-8-11-23(12-9-21)42-30(40)43-33(29(39)41-17-34)20(4)13-25-26(32(6,36)28(38)16-31(25,33)5)15-27(35)24-14-22(37)10-7-19(24)3/h7,10,14,18-21,23,25-28,38H,8-9,11-13,15-17H2,1-6H3/t19-,20-,21?,23?,25+,26+,27+,28+,31+,32+,33+/m1/s1. The van der Waals surface area contributed by atoms with E-state index < -0.39 is 71.8 Å². The van der Waals surface area contributed by atoms with Gasteiger partial charge in [0.2, 0.25) is 12.5 Å². The van der Waals surface area contributed by atoms with Gasteiger partial charge >= 0.3 is 12.1 Å². The van der Waals surface area contributed by atoms with Gasteiger partial charge in [-0.2, -0.15) is 0 Å². The van der Waals surface area contributed by atoms with Gasteiger partial charge in [0, 0.05) is 17.3 Å². The van der Waals surface area contributed by atoms with E-state index in [0.29, 0.717) is 24.7 Å². The smallest absolute Gasteiger partial charge is 0.431 e. The van der Waals surface area contributed by atoms with Gasteiger partial charge in [0.15, 0.2) is 5.78 Å². The first kappa shape index (κ1) is 33.5. The van der Waals surface area contributed by atoms with Crippen LogP contribution >= 0.6 is 0 Å². The molecule has 0 saturated heterocycles. The number of ether oxygens (including phenoxy) is 3. The molecule has 0 amide bonds. The summed E-state index contributed by atoms with van der Waals surface area (Å²) >= 11 is 0. The molecule has 0 aromatic heterocycles. The number of rotatable bonds is 8. The Morgan fingerprint density at radius 1 is 1.14 bits per heavy atom. The molecule has 3 saturated carbocycles. The largest absolute Gasteiger partial charge is 0.509 e. The van der Waals surface area contributed by atoms with Crippen LogP contribution in [0.2, 0.25) is 0 Å². The van der Waals surface area contributed by atoms with Gasteiger partial charge < -0.3 is 19.3 Å². The Morgan fingerprint density at radius 3 is 2.40 bits per heavy atom. The van der Waals surface area contributed by atoms with Crippen LogP contribution in [0.3, 0.4) is 0 Å². The van der Waals surface area contributed by atoms with E-state index in [1.54, 1.807) is 26.8 Å². The van der Waals surface area contributed by atoms with E-state index in [-0.39, 0.29) is 36.5 Å². The molecular formula is C33H47F3O7. The number of hydrogen-bond donors (Lipinski definition) is 1. The SMILES string of the molecule is CC(C)C1CCC(OC(=O)O[C@]2(C(=O)OCF)[C@H](C)C[C@H]3[C@H](C[C@H](F)C4=CC(=O)C=C[C@H]4C)[C@](C)(F)[C@@H](O)C[C@@]32C)CC1. The highest BCUT2D eigenvalue weighted by molar-refractivity contribution is 6.01. The molecule has 7 nitrogen and oxygen atoms in total. The topological polar surface area (TPSA) is 99.1 Å². The number of carbonyl (C=O) groups is 3. The van der Waals surface area contributed by atoms with Gasteiger partial charge in [0.1, 0.15) is 17.9 Å². The third kappa shape index (κ3) is 6.01. The highest BCUT2D eigenvalue weighted by Gasteiger charge is 2.75. The molecule has 0 unspecified atom stereocenters. The molecule has 4 aliphatic carbocycles. The van der Waals surface area contributed by atoms with Crippen molar-refractivity contribution in [3.05, 3.63) is 23.8 Å². The molecule has 1 N–H and O–H groups in total. The first-order chi connectivity index (χ1) is 20.1. The molecule has 0 aromatic rings. The highest BCUT2D eigenvalue weighted by Crippen LogP contribution is 2.66. The molecule has 0 aliphatic heterocycles. The lowest BCUT2D eigenvalue weighted by molar-refractivity contribution is -0.217. The molecule has 0 radical (unpaired) electrons. The number of fused-ring (bicyclic) bond motifs is 1. The molecule has 4 rings (SSSR count). The lowest BCUT2D eigenvalue weighted by Crippen LogP contribution is -2.65. The molecule has 0 heterocycles. The number of allylic oxidation sites excluding steroid dienone is 4. The van der Waals surface area contributed by atoms with Crippen LogP contribution in [0.1, 0.15) is 86.5 Å². The normalized spacial score (nSPS) is 41.8. The van der Waals surface area contributed by atoms with E-state index in [0.717, 1.165) is 12.8 Å². The Bertz CT molecular complexity index is 1130. The Hall–Kier alpha value is -2.36. The predicted octanol–water partition coefficient (Wildman–Crippen LogP) is 6.76. The fraction of sp³-hybridized carbons (Fsp3) is 0.788. The molecule has 9 atom stereocenters. The van der Waals surface area contributed by atoms with E-state index in [1.807, 2.05) is 0 Å². The summed E-state index contributed by atoms with van der Waals surface area (Å²) in [4.78, 5) is 38.9. The first-order valence-electron chi connectivity index (χ1n) is 15.7. The molecule has 43 heavy (non-hydrogen) atoms. The zero-order chi connectivity index (χ0) is 31.9. The summed E-state index contributed by atoms with van der Waals surface area (Å²) in [5, 5.41) is 11.2. The Balaban J connectivity index is 1.64. The zero-order valence-electron chi connectivity index (χ0n) is 26.1. The Morgan fingerprint density at radius 2 is 1.79 bits per heavy atom. The molecular weight excluding hydrogens is 565 g/mol. The summed E-state index contributed by atoms with van der Waals surface area (Å²) < 4.78 is 62.2. The summed E-state index contributed by atoms with van der Waals surface area (Å²) in [5.74, 6) is -3.53. The molecule has 242 valence electrons. The van der Waals surface area contributed by atoms with Crippen LogP contribution < -0.4 is 0 Å². The third-order valence-electron chi connectivity index (χ3n) is 11.3. The van der Waals surface area contributed by atoms with Crippen molar-refractivity contribution in [2.75, 3.05) is 6.86 Å². The molecule has 0 bridgehead atoms. The van der Waals surface area contributed by atoms with Crippen molar-refractivity contribution in [2.45, 2.75) is 116 Å². The van der Waals surface area contributed by atoms with Crippen molar-refractivity contribution >= 4 is 17.9 Å². The minimum Gasteiger partial charge on any atom is -0.431 e. The number of ketones is 1. The van der Waals surface area contributed by atoms with Crippen LogP contribution in [0.5, 0.6) is 0 Å². The van der Waals surface area contributed by atoms with Gasteiger partial charge in [-0.3, -0.25) is 4.79 Å². The predicted molar refractivity (Wildman–Crippen MR) is 153 cm³/mol. The first-order valence-corrected chi connectivity index (χ1v) is 15.7. The molecule has 0 spiro atoms. The van der Waals surface area contributed by atoms with Gasteiger partial charge in [0.25, 0.3) is 0 Å². The lowest BCUT2D eigenvalue weighted by Gasteiger charge is -2.55. The average molecular weight is 613 g/mol. The van der Waals surface area contributed by atoms with E-state index in [2.05, 4.69) is 13.8 Å². The summed E-state index contributed by atoms with van der Waals surface area (Å²) in [7, 11) is 0. The number of hydrogen-bond acceptors (Lipinski definition) is 7. The number of aliphatic hydroxyl groups excluding tert-OH is 1. The monoisotopic (exact) mass is 612 g/mol. The van der Waals surface area contributed by atoms with Gasteiger partial charge in [-0.1, -0.05) is 40.7 Å². The highest BCUT2D eigenvalue weighted by atomic mass is 19.1. The Labute approximate surface area is 252 Å². The van der Waals surface area contributed by atoms with Crippen molar-refractivity contribution < 1.29 is 46.9 Å². The summed E-state index contributed by atoms with van der Waals surface area (Å²) in [6, 6.07) is 0. The van der Waals surface area contributed by atoms with Crippen LogP contribution in [0.15, 0.2) is 23.8 Å². The minimum atomic E-state index is -2.26. The minimum absolute atomic E-state index is 0.127. The second kappa shape index (κ2) is 12.6. The van der Waals surface area contributed by atoms with Crippen LogP contribution in [0.25, 0.3) is 0 Å². The fourth-order valence-electron chi connectivity index (χ4n) is 8.64. The number of halogens is 3. The van der Waals surface area contributed by atoms with Crippen molar-refractivity contribution in [1.82, 2.24) is 0 Å². The molecule has 10 heteroatoms. The Kier molecular flexibility index (Phi) is 9.80. The second-order valence-corrected chi connectivity index (χ2v) is 14.1. The van der Waals surface area contributed by atoms with Gasteiger partial charge in [-0.05, 0) is 93.3 Å². The molecule has 0 aromatic carbocycles. The average Bonchev–Trinajstić information content (AvgIpc) is 3.14. The summed E-state index contributed by atoms with van der Waals surface area (Å²) in [6.45, 7) is 9.01. The number of carbonyl (C=O) groups excluding carboxylic acids is 3. The van der Waals surface area contributed by atoms with Crippen molar-refractivity contribution in [2.24, 2.45) is 40.9 Å². The molecule has 3 fully saturated rings. The van der Waals surface area contributed by atoms with Crippen molar-refractivity contribution in [3.63, 3.8) is 0 Å².